The van der Waals surface area contributed by atoms with E-state index in [-0.39, 0.29) is 17.2 Å². The number of carbonyl (C=O) groups is 3. The van der Waals surface area contributed by atoms with Crippen LogP contribution in [0.3, 0.4) is 0 Å². The van der Waals surface area contributed by atoms with Crippen LogP contribution in [0.15, 0.2) is 84.6 Å². The van der Waals surface area contributed by atoms with E-state index >= 15 is 0 Å². The molecule has 0 aromatic heterocycles. The van der Waals surface area contributed by atoms with Gasteiger partial charge in [0.15, 0.2) is 0 Å². The van der Waals surface area contributed by atoms with Crippen molar-refractivity contribution in [1.29, 1.82) is 0 Å². The lowest BCUT2D eigenvalue weighted by Crippen LogP contribution is -2.32. The van der Waals surface area contributed by atoms with Gasteiger partial charge in [0, 0.05) is 18.3 Å². The average Bonchev–Trinajstić information content (AvgIpc) is 3.04. The summed E-state index contributed by atoms with van der Waals surface area (Å²) in [7, 11) is 0. The van der Waals surface area contributed by atoms with E-state index in [0.717, 1.165) is 5.69 Å². The molecule has 0 radical (unpaired) electrons. The minimum absolute atomic E-state index is 0.184. The van der Waals surface area contributed by atoms with Crippen LogP contribution in [0.2, 0.25) is 0 Å². The van der Waals surface area contributed by atoms with Gasteiger partial charge in [-0.3, -0.25) is 14.4 Å². The Labute approximate surface area is 192 Å². The van der Waals surface area contributed by atoms with Crippen molar-refractivity contribution >= 4 is 40.4 Å². The molecule has 4 rings (SSSR count). The van der Waals surface area contributed by atoms with Crippen LogP contribution in [0, 0.1) is 0 Å². The van der Waals surface area contributed by atoms with E-state index in [9.17, 15) is 14.4 Å². The fourth-order valence-electron chi connectivity index (χ4n) is 3.74. The molecule has 3 aromatic rings. The second kappa shape index (κ2) is 9.12. The summed E-state index contributed by atoms with van der Waals surface area (Å²) in [6.45, 7) is 5.66. The number of anilines is 3. The van der Waals surface area contributed by atoms with Gasteiger partial charge in [0.2, 0.25) is 5.91 Å². The number of nitrogens with zero attached hydrogens (tertiary/aromatic N) is 1. The summed E-state index contributed by atoms with van der Waals surface area (Å²) in [6, 6.07) is 23.6. The molecule has 0 fully saturated rings. The molecule has 6 heteroatoms. The third kappa shape index (κ3) is 4.55. The van der Waals surface area contributed by atoms with Crippen molar-refractivity contribution in [2.75, 3.05) is 15.5 Å². The largest absolute Gasteiger partial charge is 0.350 e. The second-order valence-electron chi connectivity index (χ2n) is 8.19. The van der Waals surface area contributed by atoms with Gasteiger partial charge in [-0.2, -0.15) is 0 Å². The predicted octanol–water partition coefficient (Wildman–Crippen LogP) is 5.17. The summed E-state index contributed by atoms with van der Waals surface area (Å²) in [5.41, 5.74) is 4.11. The summed E-state index contributed by atoms with van der Waals surface area (Å²) >= 11 is 0. The zero-order chi connectivity index (χ0) is 23.5. The first-order valence-electron chi connectivity index (χ1n) is 10.8. The zero-order valence-electron chi connectivity index (χ0n) is 18.8. The van der Waals surface area contributed by atoms with E-state index in [1.54, 1.807) is 48.5 Å². The van der Waals surface area contributed by atoms with Crippen LogP contribution in [-0.2, 0) is 14.4 Å². The van der Waals surface area contributed by atoms with Gasteiger partial charge >= 0.3 is 0 Å². The number of rotatable bonds is 6. The highest BCUT2D eigenvalue weighted by Crippen LogP contribution is 2.34. The molecule has 2 N–H and O–H groups in total. The molecule has 0 atom stereocenters. The molecule has 1 heterocycles. The Balaban J connectivity index is 1.75. The standard InChI is InChI=1S/C27H25N3O3/c1-17(2)19-9-13-22(14-10-19)29-25-24(20-11-15-21(16-12-20)28-18(3)31)26(32)30(27(25)33)23-7-5-4-6-8-23/h4-17,29H,1-3H3,(H,28,31). The maximum Gasteiger partial charge on any atom is 0.282 e. The van der Waals surface area contributed by atoms with Gasteiger partial charge in [-0.1, -0.05) is 56.3 Å². The summed E-state index contributed by atoms with van der Waals surface area (Å²) in [5.74, 6) is -0.615. The normalized spacial score (nSPS) is 13.6. The van der Waals surface area contributed by atoms with E-state index in [1.807, 2.05) is 30.3 Å². The van der Waals surface area contributed by atoms with Crippen molar-refractivity contribution < 1.29 is 14.4 Å². The molecular formula is C27H25N3O3. The van der Waals surface area contributed by atoms with Crippen molar-refractivity contribution in [3.63, 3.8) is 0 Å². The van der Waals surface area contributed by atoms with Crippen molar-refractivity contribution in [3.8, 4) is 0 Å². The molecule has 1 aliphatic rings. The highest BCUT2D eigenvalue weighted by Gasteiger charge is 2.40. The van der Waals surface area contributed by atoms with Crippen LogP contribution in [-0.4, -0.2) is 17.7 Å². The highest BCUT2D eigenvalue weighted by atomic mass is 16.2. The lowest BCUT2D eigenvalue weighted by Gasteiger charge is -2.15. The van der Waals surface area contributed by atoms with Gasteiger partial charge in [0.05, 0.1) is 11.3 Å². The number of benzene rings is 3. The molecule has 0 bridgehead atoms. The van der Waals surface area contributed by atoms with Gasteiger partial charge in [-0.15, -0.1) is 0 Å². The van der Waals surface area contributed by atoms with Gasteiger partial charge in [-0.05, 0) is 53.4 Å². The first-order valence-corrected chi connectivity index (χ1v) is 10.8. The number of para-hydroxylation sites is 1. The van der Waals surface area contributed by atoms with Crippen molar-refractivity contribution in [2.45, 2.75) is 26.7 Å². The molecule has 0 spiro atoms. The molecule has 33 heavy (non-hydrogen) atoms. The summed E-state index contributed by atoms with van der Waals surface area (Å²) in [5, 5.41) is 5.89. The van der Waals surface area contributed by atoms with Crippen molar-refractivity contribution in [3.05, 3.63) is 95.7 Å². The third-order valence-corrected chi connectivity index (χ3v) is 5.44. The number of hydrogen-bond donors (Lipinski definition) is 2. The Hall–Kier alpha value is -4.19. The second-order valence-corrected chi connectivity index (χ2v) is 8.19. The molecule has 0 saturated carbocycles. The number of hydrogen-bond acceptors (Lipinski definition) is 4. The smallest absolute Gasteiger partial charge is 0.282 e. The SMILES string of the molecule is CC(=O)Nc1ccc(C2=C(Nc3ccc(C(C)C)cc3)C(=O)N(c3ccccc3)C2=O)cc1. The minimum Gasteiger partial charge on any atom is -0.350 e. The molecule has 0 saturated heterocycles. The minimum atomic E-state index is -0.417. The Bertz CT molecular complexity index is 1230. The summed E-state index contributed by atoms with van der Waals surface area (Å²) in [6.07, 6.45) is 0. The van der Waals surface area contributed by atoms with E-state index in [1.165, 1.54) is 17.4 Å². The Morgan fingerprint density at radius 1 is 0.788 bits per heavy atom. The van der Waals surface area contributed by atoms with Gasteiger partial charge in [0.1, 0.15) is 5.70 Å². The van der Waals surface area contributed by atoms with Gasteiger partial charge in [0.25, 0.3) is 11.8 Å². The topological polar surface area (TPSA) is 78.5 Å². The quantitative estimate of drug-likeness (QED) is 0.520. The third-order valence-electron chi connectivity index (χ3n) is 5.44. The van der Waals surface area contributed by atoms with Crippen LogP contribution in [0.5, 0.6) is 0 Å². The molecule has 166 valence electrons. The molecule has 0 unspecified atom stereocenters. The average molecular weight is 440 g/mol. The van der Waals surface area contributed by atoms with Gasteiger partial charge in [-0.25, -0.2) is 4.90 Å². The van der Waals surface area contributed by atoms with Crippen LogP contribution < -0.4 is 15.5 Å². The Kier molecular flexibility index (Phi) is 6.09. The number of carbonyl (C=O) groups excluding carboxylic acids is 3. The Morgan fingerprint density at radius 3 is 1.97 bits per heavy atom. The van der Waals surface area contributed by atoms with E-state index in [4.69, 9.17) is 0 Å². The Morgan fingerprint density at radius 2 is 1.39 bits per heavy atom. The maximum absolute atomic E-state index is 13.5. The van der Waals surface area contributed by atoms with E-state index in [0.29, 0.717) is 22.9 Å². The van der Waals surface area contributed by atoms with Crippen LogP contribution >= 0.6 is 0 Å². The number of nitrogens with one attached hydrogen (secondary N) is 2. The number of imide groups is 1. The summed E-state index contributed by atoms with van der Waals surface area (Å²) in [4.78, 5) is 39.4. The van der Waals surface area contributed by atoms with E-state index < -0.39 is 11.8 Å². The summed E-state index contributed by atoms with van der Waals surface area (Å²) < 4.78 is 0. The lowest BCUT2D eigenvalue weighted by molar-refractivity contribution is -0.120. The number of amides is 3. The van der Waals surface area contributed by atoms with Crippen LogP contribution in [0.4, 0.5) is 17.1 Å². The molecule has 3 aromatic carbocycles. The maximum atomic E-state index is 13.5. The molecule has 0 aliphatic carbocycles. The van der Waals surface area contributed by atoms with Crippen molar-refractivity contribution in [1.82, 2.24) is 0 Å². The molecule has 3 amide bonds. The first-order chi connectivity index (χ1) is 15.8. The van der Waals surface area contributed by atoms with E-state index in [2.05, 4.69) is 24.5 Å². The lowest BCUT2D eigenvalue weighted by atomic mass is 10.0. The fraction of sp³-hybridized carbons (Fsp3) is 0.148. The monoisotopic (exact) mass is 439 g/mol. The van der Waals surface area contributed by atoms with Crippen molar-refractivity contribution in [2.24, 2.45) is 0 Å². The van der Waals surface area contributed by atoms with Crippen LogP contribution in [0.25, 0.3) is 5.57 Å². The fourth-order valence-corrected chi connectivity index (χ4v) is 3.74. The molecule has 1 aliphatic heterocycles. The zero-order valence-corrected chi connectivity index (χ0v) is 18.8. The van der Waals surface area contributed by atoms with Gasteiger partial charge < -0.3 is 10.6 Å². The highest BCUT2D eigenvalue weighted by molar-refractivity contribution is 6.46. The molecule has 6 nitrogen and oxygen atoms in total. The molecular weight excluding hydrogens is 414 g/mol. The van der Waals surface area contributed by atoms with Crippen LogP contribution in [0.1, 0.15) is 37.8 Å². The first kappa shape index (κ1) is 22.0. The predicted molar refractivity (Wildman–Crippen MR) is 131 cm³/mol.